The van der Waals surface area contributed by atoms with Gasteiger partial charge in [0, 0.05) is 13.0 Å². The van der Waals surface area contributed by atoms with Crippen LogP contribution >= 0.6 is 7.82 Å². The summed E-state index contributed by atoms with van der Waals surface area (Å²) in [6.07, 6.45) is 38.9. The Morgan fingerprint density at radius 3 is 1.27 bits per heavy atom. The van der Waals surface area contributed by atoms with Crippen LogP contribution in [-0.4, -0.2) is 75.6 Å². The van der Waals surface area contributed by atoms with Crippen LogP contribution in [-0.2, 0) is 27.9 Å². The number of ether oxygens (including phenoxy) is 2. The van der Waals surface area contributed by atoms with Crippen LogP contribution in [0.15, 0.2) is 0 Å². The summed E-state index contributed by atoms with van der Waals surface area (Å²) in [7, 11) is 1.68. The number of hydrogen-bond acceptors (Lipinski definition) is 6. The van der Waals surface area contributed by atoms with Crippen molar-refractivity contribution >= 4 is 13.8 Å². The van der Waals surface area contributed by atoms with E-state index in [0.29, 0.717) is 24.1 Å². The minimum atomic E-state index is -4.25. The molecule has 1 N–H and O–H groups in total. The van der Waals surface area contributed by atoms with Crippen molar-refractivity contribution in [2.24, 2.45) is 0 Å². The summed E-state index contributed by atoms with van der Waals surface area (Å²) in [6, 6.07) is 0. The van der Waals surface area contributed by atoms with Gasteiger partial charge in [-0.15, -0.1) is 0 Å². The Bertz CT molecular complexity index is 807. The van der Waals surface area contributed by atoms with E-state index in [4.69, 9.17) is 18.5 Å². The summed E-state index contributed by atoms with van der Waals surface area (Å²) >= 11 is 0. The second kappa shape index (κ2) is 37.4. The van der Waals surface area contributed by atoms with E-state index >= 15 is 0 Å². The zero-order chi connectivity index (χ0) is 38.4. The third-order valence-electron chi connectivity index (χ3n) is 9.92. The second-order valence-electron chi connectivity index (χ2n) is 16.4. The first-order valence-corrected chi connectivity index (χ1v) is 23.8. The molecule has 0 saturated carbocycles. The molecule has 0 aromatic carbocycles. The molecule has 0 aromatic heterocycles. The van der Waals surface area contributed by atoms with Crippen molar-refractivity contribution in [3.05, 3.63) is 0 Å². The third-order valence-corrected chi connectivity index (χ3v) is 10.9. The van der Waals surface area contributed by atoms with Gasteiger partial charge in [-0.1, -0.05) is 194 Å². The summed E-state index contributed by atoms with van der Waals surface area (Å²) in [4.78, 5) is 22.6. The second-order valence-corrected chi connectivity index (χ2v) is 17.9. The van der Waals surface area contributed by atoms with Crippen molar-refractivity contribution < 1.29 is 37.3 Å². The van der Waals surface area contributed by atoms with Crippen LogP contribution in [0, 0.1) is 0 Å². The fourth-order valence-electron chi connectivity index (χ4n) is 6.44. The molecule has 0 aliphatic carbocycles. The number of quaternary nitrogens is 1. The largest absolute Gasteiger partial charge is 0.472 e. The Morgan fingerprint density at radius 2 is 0.885 bits per heavy atom. The van der Waals surface area contributed by atoms with E-state index in [2.05, 4.69) is 13.8 Å². The van der Waals surface area contributed by atoms with Gasteiger partial charge in [0.05, 0.1) is 34.4 Å². The Balaban J connectivity index is 3.88. The summed E-state index contributed by atoms with van der Waals surface area (Å²) in [5.41, 5.74) is 0. The lowest BCUT2D eigenvalue weighted by Crippen LogP contribution is -2.37. The first-order valence-electron chi connectivity index (χ1n) is 22.3. The topological polar surface area (TPSA) is 91.3 Å². The van der Waals surface area contributed by atoms with Crippen LogP contribution in [0.1, 0.15) is 213 Å². The molecule has 2 unspecified atom stereocenters. The predicted molar refractivity (Wildman–Crippen MR) is 220 cm³/mol. The smallest absolute Gasteiger partial charge is 0.457 e. The van der Waals surface area contributed by atoms with Gasteiger partial charge >= 0.3 is 13.8 Å². The van der Waals surface area contributed by atoms with E-state index in [1.54, 1.807) is 0 Å². The average Bonchev–Trinajstić information content (AvgIpc) is 3.09. The highest BCUT2D eigenvalue weighted by Crippen LogP contribution is 2.43. The predicted octanol–water partition coefficient (Wildman–Crippen LogP) is 12.9. The fraction of sp³-hybridized carbons (Fsp3) is 0.977. The summed E-state index contributed by atoms with van der Waals surface area (Å²) in [5.74, 6) is -0.318. The first kappa shape index (κ1) is 51.5. The number of rotatable bonds is 42. The van der Waals surface area contributed by atoms with Crippen LogP contribution in [0.25, 0.3) is 0 Å². The molecule has 0 spiro atoms. The van der Waals surface area contributed by atoms with Gasteiger partial charge in [0.25, 0.3) is 0 Å². The Kier molecular flexibility index (Phi) is 37.1. The molecule has 312 valence electrons. The SMILES string of the molecule is CCCCCCCCCCCCCCCCCCCCCCCCCCOCC(COP(=O)(O)OCC[N+](C)(C)C)OC(=O)CCCCCCCC. The highest BCUT2D eigenvalue weighted by Gasteiger charge is 2.26. The van der Waals surface area contributed by atoms with Gasteiger partial charge in [-0.05, 0) is 12.8 Å². The lowest BCUT2D eigenvalue weighted by molar-refractivity contribution is -0.870. The van der Waals surface area contributed by atoms with Gasteiger partial charge in [-0.3, -0.25) is 13.8 Å². The van der Waals surface area contributed by atoms with Crippen molar-refractivity contribution in [3.63, 3.8) is 0 Å². The molecule has 0 amide bonds. The van der Waals surface area contributed by atoms with E-state index in [9.17, 15) is 14.3 Å². The van der Waals surface area contributed by atoms with E-state index in [1.807, 2.05) is 21.1 Å². The molecule has 0 bridgehead atoms. The number of carbonyl (C=O) groups is 1. The maximum Gasteiger partial charge on any atom is 0.472 e. The van der Waals surface area contributed by atoms with Gasteiger partial charge < -0.3 is 18.9 Å². The Labute approximate surface area is 323 Å². The van der Waals surface area contributed by atoms with E-state index in [1.165, 1.54) is 161 Å². The van der Waals surface area contributed by atoms with Gasteiger partial charge in [0.2, 0.25) is 0 Å². The maximum atomic E-state index is 12.5. The highest BCUT2D eigenvalue weighted by atomic mass is 31.2. The molecule has 52 heavy (non-hydrogen) atoms. The average molecular weight is 763 g/mol. The molecule has 8 nitrogen and oxygen atoms in total. The lowest BCUT2D eigenvalue weighted by Gasteiger charge is -2.24. The molecule has 0 radical (unpaired) electrons. The third kappa shape index (κ3) is 40.7. The highest BCUT2D eigenvalue weighted by molar-refractivity contribution is 7.47. The van der Waals surface area contributed by atoms with E-state index in [0.717, 1.165) is 32.1 Å². The standard InChI is InChI=1S/C43H88NO7P/c1-6-8-10-12-14-15-16-17-18-19-20-21-22-23-24-25-26-27-28-29-30-31-33-35-38-48-40-42(51-43(45)36-34-32-13-11-9-7-2)41-50-52(46,47)49-39-37-44(3,4)5/h42H,6-41H2,1-5H3/p+1. The van der Waals surface area contributed by atoms with Crippen LogP contribution in [0.4, 0.5) is 0 Å². The van der Waals surface area contributed by atoms with Gasteiger partial charge in [0.1, 0.15) is 19.3 Å². The summed E-state index contributed by atoms with van der Waals surface area (Å²) in [5, 5.41) is 0. The number of esters is 1. The minimum Gasteiger partial charge on any atom is -0.457 e. The van der Waals surface area contributed by atoms with Gasteiger partial charge in [0.15, 0.2) is 0 Å². The number of unbranched alkanes of at least 4 members (excludes halogenated alkanes) is 28. The summed E-state index contributed by atoms with van der Waals surface area (Å²) in [6.45, 7) is 5.61. The number of nitrogens with zero attached hydrogens (tertiary/aromatic N) is 1. The van der Waals surface area contributed by atoms with Crippen molar-refractivity contribution in [2.45, 2.75) is 219 Å². The molecule has 0 heterocycles. The minimum absolute atomic E-state index is 0.0931. The van der Waals surface area contributed by atoms with Crippen molar-refractivity contribution in [3.8, 4) is 0 Å². The fourth-order valence-corrected chi connectivity index (χ4v) is 7.18. The Hall–Kier alpha value is -0.500. The molecule has 0 fully saturated rings. The quantitative estimate of drug-likeness (QED) is 0.0286. The normalized spacial score (nSPS) is 13.7. The molecule has 0 aliphatic heterocycles. The lowest BCUT2D eigenvalue weighted by atomic mass is 10.0. The molecule has 0 saturated heterocycles. The number of likely N-dealkylation sites (N-methyl/N-ethyl adjacent to an activating group) is 1. The Morgan fingerprint density at radius 1 is 0.519 bits per heavy atom. The van der Waals surface area contributed by atoms with E-state index < -0.39 is 13.9 Å². The van der Waals surface area contributed by atoms with Crippen molar-refractivity contribution in [1.82, 2.24) is 0 Å². The van der Waals surface area contributed by atoms with Crippen molar-refractivity contribution in [1.29, 1.82) is 0 Å². The molecule has 2 atom stereocenters. The molecule has 0 rings (SSSR count). The zero-order valence-corrected chi connectivity index (χ0v) is 36.2. The summed E-state index contributed by atoms with van der Waals surface area (Å²) < 4.78 is 34.8. The van der Waals surface area contributed by atoms with Gasteiger partial charge in [-0.2, -0.15) is 0 Å². The van der Waals surface area contributed by atoms with Crippen LogP contribution in [0.5, 0.6) is 0 Å². The number of carbonyl (C=O) groups excluding carboxylic acids is 1. The molecule has 0 aromatic rings. The van der Waals surface area contributed by atoms with Crippen LogP contribution in [0.3, 0.4) is 0 Å². The molecule has 0 aliphatic rings. The van der Waals surface area contributed by atoms with E-state index in [-0.39, 0.29) is 25.8 Å². The van der Waals surface area contributed by atoms with Crippen LogP contribution < -0.4 is 0 Å². The monoisotopic (exact) mass is 763 g/mol. The van der Waals surface area contributed by atoms with Crippen molar-refractivity contribution in [2.75, 3.05) is 54.1 Å². The van der Waals surface area contributed by atoms with Gasteiger partial charge in [-0.25, -0.2) is 4.57 Å². The number of hydrogen-bond donors (Lipinski definition) is 1. The zero-order valence-electron chi connectivity index (χ0n) is 35.3. The molecule has 9 heteroatoms. The molecular weight excluding hydrogens is 673 g/mol. The molecular formula is C43H89NO7P+. The first-order chi connectivity index (χ1) is 25.1. The van der Waals surface area contributed by atoms with Crippen LogP contribution in [0.2, 0.25) is 0 Å². The number of phosphoric acid groups is 1. The maximum absolute atomic E-state index is 12.5. The number of phosphoric ester groups is 1.